The molecule has 43 heavy (non-hydrogen) atoms. The molecule has 0 bridgehead atoms. The molecule has 4 aromatic carbocycles. The number of hydrogen-bond donors (Lipinski definition) is 1. The first kappa shape index (κ1) is 29.9. The van der Waals surface area contributed by atoms with Crippen LogP contribution >= 0.6 is 0 Å². The number of nitrogens with one attached hydrogen (secondary N) is 1. The van der Waals surface area contributed by atoms with Gasteiger partial charge >= 0.3 is 0 Å². The minimum Gasteiger partial charge on any atom is -0.492 e. The van der Waals surface area contributed by atoms with E-state index in [1.165, 1.54) is 24.3 Å². The van der Waals surface area contributed by atoms with E-state index in [0.29, 0.717) is 35.7 Å². The summed E-state index contributed by atoms with van der Waals surface area (Å²) in [6.07, 6.45) is 0.733. The van der Waals surface area contributed by atoms with Crippen LogP contribution in [-0.4, -0.2) is 62.7 Å². The van der Waals surface area contributed by atoms with Crippen molar-refractivity contribution in [3.05, 3.63) is 131 Å². The van der Waals surface area contributed by atoms with Crippen LogP contribution in [-0.2, 0) is 17.7 Å². The Morgan fingerprint density at radius 1 is 0.837 bits per heavy atom. The Morgan fingerprint density at radius 2 is 1.58 bits per heavy atom. The van der Waals surface area contributed by atoms with Gasteiger partial charge in [-0.25, -0.2) is 4.39 Å². The highest BCUT2D eigenvalue weighted by molar-refractivity contribution is 6.06. The summed E-state index contributed by atoms with van der Waals surface area (Å²) in [5.74, 6) is -0.230. The van der Waals surface area contributed by atoms with Crippen LogP contribution in [0, 0.1) is 5.82 Å². The Bertz CT molecular complexity index is 1490. The number of rotatable bonds is 12. The van der Waals surface area contributed by atoms with Crippen molar-refractivity contribution < 1.29 is 23.5 Å². The molecule has 2 amide bonds. The molecule has 1 fully saturated rings. The molecule has 8 heteroatoms. The molecule has 4 aromatic rings. The standard InChI is InChI=1S/C35H36FN3O4/c36-31-14-12-29(13-15-31)35(41)39(32-10-5-11-33(25-32)43-23-20-38-18-21-42-22-19-38)26-28-8-4-9-30(24-28)34(40)37-17-16-27-6-2-1-3-7-27/h1-15,24-25H,16-23,26H2,(H,37,40). The quantitative estimate of drug-likeness (QED) is 0.244. The molecule has 1 N–H and O–H groups in total. The predicted octanol–water partition coefficient (Wildman–Crippen LogP) is 5.36. The minimum absolute atomic E-state index is 0.176. The van der Waals surface area contributed by atoms with Crippen LogP contribution in [0.25, 0.3) is 0 Å². The van der Waals surface area contributed by atoms with Crippen molar-refractivity contribution in [2.45, 2.75) is 13.0 Å². The third-order valence-corrected chi connectivity index (χ3v) is 7.32. The Labute approximate surface area is 251 Å². The molecule has 222 valence electrons. The molecule has 0 radical (unpaired) electrons. The first-order valence-electron chi connectivity index (χ1n) is 14.6. The van der Waals surface area contributed by atoms with Gasteiger partial charge in [0.05, 0.1) is 19.8 Å². The Kier molecular flexibility index (Phi) is 10.5. The Balaban J connectivity index is 1.30. The van der Waals surface area contributed by atoms with Gasteiger partial charge in [-0.2, -0.15) is 0 Å². The molecule has 5 rings (SSSR count). The van der Waals surface area contributed by atoms with E-state index >= 15 is 0 Å². The van der Waals surface area contributed by atoms with E-state index < -0.39 is 5.82 Å². The van der Waals surface area contributed by atoms with Crippen molar-refractivity contribution in [3.63, 3.8) is 0 Å². The van der Waals surface area contributed by atoms with E-state index in [1.807, 2.05) is 66.7 Å². The molecular formula is C35H36FN3O4. The van der Waals surface area contributed by atoms with Crippen LogP contribution in [0.2, 0.25) is 0 Å². The average molecular weight is 582 g/mol. The zero-order valence-corrected chi connectivity index (χ0v) is 24.1. The monoisotopic (exact) mass is 581 g/mol. The second-order valence-corrected chi connectivity index (χ2v) is 10.4. The first-order valence-corrected chi connectivity index (χ1v) is 14.6. The number of amides is 2. The molecular weight excluding hydrogens is 545 g/mol. The number of carbonyl (C=O) groups excluding carboxylic acids is 2. The van der Waals surface area contributed by atoms with E-state index in [1.54, 1.807) is 17.0 Å². The van der Waals surface area contributed by atoms with Gasteiger partial charge in [-0.15, -0.1) is 0 Å². The molecule has 0 spiro atoms. The molecule has 0 aromatic heterocycles. The molecule has 7 nitrogen and oxygen atoms in total. The van der Waals surface area contributed by atoms with Crippen LogP contribution in [0.4, 0.5) is 10.1 Å². The summed E-state index contributed by atoms with van der Waals surface area (Å²) in [7, 11) is 0. The van der Waals surface area contributed by atoms with Gasteiger partial charge in [0.1, 0.15) is 18.2 Å². The highest BCUT2D eigenvalue weighted by atomic mass is 19.1. The van der Waals surface area contributed by atoms with Crippen LogP contribution in [0.3, 0.4) is 0 Å². The first-order chi connectivity index (χ1) is 21.0. The maximum atomic E-state index is 13.8. The largest absolute Gasteiger partial charge is 0.492 e. The summed E-state index contributed by atoms with van der Waals surface area (Å²) < 4.78 is 25.1. The maximum absolute atomic E-state index is 13.8. The third kappa shape index (κ3) is 8.73. The fourth-order valence-electron chi connectivity index (χ4n) is 4.95. The van der Waals surface area contributed by atoms with Gasteiger partial charge in [0.2, 0.25) is 0 Å². The number of halogens is 1. The number of ether oxygens (including phenoxy) is 2. The van der Waals surface area contributed by atoms with E-state index in [9.17, 15) is 14.0 Å². The van der Waals surface area contributed by atoms with Crippen molar-refractivity contribution in [1.82, 2.24) is 10.2 Å². The lowest BCUT2D eigenvalue weighted by atomic mass is 10.1. The minimum atomic E-state index is -0.412. The van der Waals surface area contributed by atoms with Crippen LogP contribution in [0.5, 0.6) is 5.75 Å². The smallest absolute Gasteiger partial charge is 0.258 e. The number of benzene rings is 4. The molecule has 1 heterocycles. The van der Waals surface area contributed by atoms with Crippen LogP contribution in [0.15, 0.2) is 103 Å². The molecule has 0 atom stereocenters. The molecule has 0 unspecified atom stereocenters. The number of hydrogen-bond acceptors (Lipinski definition) is 5. The molecule has 1 aliphatic rings. The van der Waals surface area contributed by atoms with E-state index in [0.717, 1.165) is 50.4 Å². The van der Waals surface area contributed by atoms with Crippen molar-refractivity contribution in [1.29, 1.82) is 0 Å². The van der Waals surface area contributed by atoms with Gasteiger partial charge in [0.15, 0.2) is 0 Å². The Hall–Kier alpha value is -4.53. The van der Waals surface area contributed by atoms with Gasteiger partial charge in [-0.1, -0.05) is 48.5 Å². The Morgan fingerprint density at radius 3 is 2.37 bits per heavy atom. The zero-order chi connectivity index (χ0) is 29.9. The SMILES string of the molecule is O=C(NCCc1ccccc1)c1cccc(CN(C(=O)c2ccc(F)cc2)c2cccc(OCCN3CCOCC3)c2)c1. The highest BCUT2D eigenvalue weighted by Gasteiger charge is 2.20. The zero-order valence-electron chi connectivity index (χ0n) is 24.1. The fourth-order valence-corrected chi connectivity index (χ4v) is 4.95. The number of nitrogens with zero attached hydrogens (tertiary/aromatic N) is 2. The van der Waals surface area contributed by atoms with Gasteiger partial charge in [-0.05, 0) is 66.1 Å². The number of carbonyl (C=O) groups is 2. The topological polar surface area (TPSA) is 71.1 Å². The van der Waals surface area contributed by atoms with Gasteiger partial charge in [-0.3, -0.25) is 14.5 Å². The van der Waals surface area contributed by atoms with E-state index in [-0.39, 0.29) is 18.4 Å². The number of morpholine rings is 1. The van der Waals surface area contributed by atoms with Crippen molar-refractivity contribution in [3.8, 4) is 5.75 Å². The lowest BCUT2D eigenvalue weighted by Gasteiger charge is -2.26. The van der Waals surface area contributed by atoms with Crippen molar-refractivity contribution in [2.75, 3.05) is 50.9 Å². The predicted molar refractivity (Wildman–Crippen MR) is 165 cm³/mol. The maximum Gasteiger partial charge on any atom is 0.258 e. The molecule has 1 aliphatic heterocycles. The third-order valence-electron chi connectivity index (χ3n) is 7.32. The lowest BCUT2D eigenvalue weighted by Crippen LogP contribution is -2.38. The normalized spacial score (nSPS) is 13.3. The summed E-state index contributed by atoms with van der Waals surface area (Å²) in [5.41, 5.74) is 3.44. The van der Waals surface area contributed by atoms with E-state index in [4.69, 9.17) is 9.47 Å². The summed E-state index contributed by atoms with van der Waals surface area (Å²) in [6.45, 7) is 5.24. The fraction of sp³-hybridized carbons (Fsp3) is 0.257. The molecule has 0 saturated carbocycles. The van der Waals surface area contributed by atoms with Crippen molar-refractivity contribution in [2.24, 2.45) is 0 Å². The van der Waals surface area contributed by atoms with Crippen LogP contribution in [0.1, 0.15) is 31.8 Å². The molecule has 1 saturated heterocycles. The lowest BCUT2D eigenvalue weighted by molar-refractivity contribution is 0.0322. The second kappa shape index (κ2) is 15.1. The van der Waals surface area contributed by atoms with Crippen LogP contribution < -0.4 is 15.0 Å². The van der Waals surface area contributed by atoms with E-state index in [2.05, 4.69) is 10.2 Å². The molecule has 0 aliphatic carbocycles. The summed E-state index contributed by atoms with van der Waals surface area (Å²) >= 11 is 0. The number of anilines is 1. The highest BCUT2D eigenvalue weighted by Crippen LogP contribution is 2.25. The van der Waals surface area contributed by atoms with Gasteiger partial charge < -0.3 is 19.7 Å². The second-order valence-electron chi connectivity index (χ2n) is 10.4. The van der Waals surface area contributed by atoms with Gasteiger partial charge in [0.25, 0.3) is 11.8 Å². The summed E-state index contributed by atoms with van der Waals surface area (Å²) in [5, 5.41) is 2.98. The summed E-state index contributed by atoms with van der Waals surface area (Å²) in [6, 6.07) is 30.1. The summed E-state index contributed by atoms with van der Waals surface area (Å²) in [4.78, 5) is 30.6. The van der Waals surface area contributed by atoms with Gasteiger partial charge in [0, 0.05) is 49.1 Å². The average Bonchev–Trinajstić information content (AvgIpc) is 3.05. The van der Waals surface area contributed by atoms with Crippen molar-refractivity contribution >= 4 is 17.5 Å².